The summed E-state index contributed by atoms with van der Waals surface area (Å²) >= 11 is 3.14. The topological polar surface area (TPSA) is 121 Å². The molecule has 0 radical (unpaired) electrons. The van der Waals surface area contributed by atoms with Gasteiger partial charge in [0.2, 0.25) is 5.91 Å². The Morgan fingerprint density at radius 3 is 2.44 bits per heavy atom. The number of hydrogen-bond acceptors (Lipinski definition) is 4. The van der Waals surface area contributed by atoms with Crippen LogP contribution in [0.1, 0.15) is 28.4 Å². The number of benzene rings is 1. The number of carbonyl (C=O) groups is 2. The number of primary amides is 1. The van der Waals surface area contributed by atoms with Gasteiger partial charge in [-0.1, -0.05) is 15.9 Å². The lowest BCUT2D eigenvalue weighted by molar-refractivity contribution is -0.121. The van der Waals surface area contributed by atoms with Crippen LogP contribution < -0.4 is 5.73 Å². The van der Waals surface area contributed by atoms with Crippen molar-refractivity contribution in [3.63, 3.8) is 0 Å². The number of aliphatic hydroxyl groups is 2. The molecule has 7 heteroatoms. The maximum atomic E-state index is 11.0. The van der Waals surface area contributed by atoms with Gasteiger partial charge in [0.25, 0.3) is 0 Å². The van der Waals surface area contributed by atoms with E-state index in [1.165, 1.54) is 18.2 Å². The summed E-state index contributed by atoms with van der Waals surface area (Å²) in [5, 5.41) is 28.4. The average molecular weight is 318 g/mol. The Balaban J connectivity index is 3.10. The number of rotatable bonds is 5. The predicted octanol–water partition coefficient (Wildman–Crippen LogP) is 0.417. The first-order valence-electron chi connectivity index (χ1n) is 5.00. The molecule has 0 aliphatic rings. The molecule has 98 valence electrons. The second-order valence-electron chi connectivity index (χ2n) is 3.72. The number of hydrogen-bond donors (Lipinski definition) is 4. The zero-order valence-corrected chi connectivity index (χ0v) is 10.8. The monoisotopic (exact) mass is 317 g/mol. The molecular weight excluding hydrogens is 306 g/mol. The lowest BCUT2D eigenvalue weighted by Gasteiger charge is -2.18. The minimum absolute atomic E-state index is 0.0191. The van der Waals surface area contributed by atoms with Crippen LogP contribution >= 0.6 is 15.9 Å². The normalized spacial score (nSPS) is 13.9. The molecule has 18 heavy (non-hydrogen) atoms. The zero-order chi connectivity index (χ0) is 13.9. The molecule has 0 aromatic heterocycles. The van der Waals surface area contributed by atoms with Gasteiger partial charge in [0.15, 0.2) is 0 Å². The molecule has 0 bridgehead atoms. The smallest absolute Gasteiger partial charge is 0.336 e. The van der Waals surface area contributed by atoms with E-state index < -0.39 is 30.5 Å². The summed E-state index contributed by atoms with van der Waals surface area (Å²) in [5.41, 5.74) is 4.78. The summed E-state index contributed by atoms with van der Waals surface area (Å²) in [6.07, 6.45) is -3.40. The quantitative estimate of drug-likeness (QED) is 0.627. The van der Waals surface area contributed by atoms with Crippen LogP contribution in [0.15, 0.2) is 22.7 Å². The highest BCUT2D eigenvalue weighted by molar-refractivity contribution is 9.10. The molecule has 0 saturated carbocycles. The highest BCUT2D eigenvalue weighted by atomic mass is 79.9. The number of carboxylic acid groups (broad SMARTS) is 1. The minimum Gasteiger partial charge on any atom is -0.478 e. The van der Waals surface area contributed by atoms with Crippen LogP contribution in [0.5, 0.6) is 0 Å². The molecule has 2 unspecified atom stereocenters. The molecule has 0 spiro atoms. The van der Waals surface area contributed by atoms with Crippen molar-refractivity contribution in [2.24, 2.45) is 5.73 Å². The number of nitrogens with two attached hydrogens (primary N) is 1. The summed E-state index contributed by atoms with van der Waals surface area (Å²) in [6.45, 7) is 0. The third kappa shape index (κ3) is 3.52. The van der Waals surface area contributed by atoms with E-state index in [2.05, 4.69) is 15.9 Å². The Morgan fingerprint density at radius 2 is 1.94 bits per heavy atom. The summed E-state index contributed by atoms with van der Waals surface area (Å²) in [4.78, 5) is 21.6. The average Bonchev–Trinajstić information content (AvgIpc) is 2.26. The van der Waals surface area contributed by atoms with Crippen LogP contribution in [0.2, 0.25) is 0 Å². The molecule has 0 aliphatic heterocycles. The molecule has 5 N–H and O–H groups in total. The van der Waals surface area contributed by atoms with Gasteiger partial charge >= 0.3 is 5.97 Å². The summed E-state index contributed by atoms with van der Waals surface area (Å²) in [7, 11) is 0. The molecule has 0 heterocycles. The fraction of sp³-hybridized carbons (Fsp3) is 0.273. The third-order valence-corrected chi connectivity index (χ3v) is 2.83. The van der Waals surface area contributed by atoms with E-state index >= 15 is 0 Å². The summed E-state index contributed by atoms with van der Waals surface area (Å²) in [5.74, 6) is -2.02. The number of carbonyl (C=O) groups excluding carboxylic acids is 1. The number of aromatic carboxylic acids is 1. The summed E-state index contributed by atoms with van der Waals surface area (Å²) < 4.78 is 0.549. The van der Waals surface area contributed by atoms with Crippen molar-refractivity contribution in [2.45, 2.75) is 18.6 Å². The van der Waals surface area contributed by atoms with Crippen molar-refractivity contribution in [3.05, 3.63) is 33.8 Å². The Bertz CT molecular complexity index is 477. The van der Waals surface area contributed by atoms with Gasteiger partial charge in [-0.15, -0.1) is 0 Å². The zero-order valence-electron chi connectivity index (χ0n) is 9.21. The van der Waals surface area contributed by atoms with E-state index in [-0.39, 0.29) is 11.1 Å². The van der Waals surface area contributed by atoms with E-state index in [1.807, 2.05) is 0 Å². The van der Waals surface area contributed by atoms with Crippen molar-refractivity contribution in [2.75, 3.05) is 0 Å². The highest BCUT2D eigenvalue weighted by Crippen LogP contribution is 2.26. The van der Waals surface area contributed by atoms with Gasteiger partial charge in [0.05, 0.1) is 18.1 Å². The SMILES string of the molecule is NC(=O)CC(O)C(O)c1cc(Br)ccc1C(=O)O. The Kier molecular flexibility index (Phi) is 4.83. The molecule has 6 nitrogen and oxygen atoms in total. The predicted molar refractivity (Wildman–Crippen MR) is 65.9 cm³/mol. The molecule has 1 aromatic rings. The van der Waals surface area contributed by atoms with Crippen LogP contribution in [0.4, 0.5) is 0 Å². The minimum atomic E-state index is -1.50. The lowest BCUT2D eigenvalue weighted by Crippen LogP contribution is -2.26. The Morgan fingerprint density at radius 1 is 1.33 bits per heavy atom. The van der Waals surface area contributed by atoms with Crippen molar-refractivity contribution in [1.29, 1.82) is 0 Å². The van der Waals surface area contributed by atoms with E-state index in [0.29, 0.717) is 4.47 Å². The maximum Gasteiger partial charge on any atom is 0.336 e. The van der Waals surface area contributed by atoms with Gasteiger partial charge in [0, 0.05) is 4.47 Å². The molecule has 0 saturated heterocycles. The maximum absolute atomic E-state index is 11.0. The second kappa shape index (κ2) is 5.94. The van der Waals surface area contributed by atoms with E-state index in [1.54, 1.807) is 0 Å². The first-order chi connectivity index (χ1) is 8.32. The largest absolute Gasteiger partial charge is 0.478 e. The van der Waals surface area contributed by atoms with Crippen molar-refractivity contribution in [3.8, 4) is 0 Å². The lowest BCUT2D eigenvalue weighted by atomic mass is 9.97. The van der Waals surface area contributed by atoms with Crippen molar-refractivity contribution >= 4 is 27.8 Å². The van der Waals surface area contributed by atoms with Crippen molar-refractivity contribution < 1.29 is 24.9 Å². The molecule has 1 aromatic carbocycles. The molecule has 0 fully saturated rings. The molecule has 0 aliphatic carbocycles. The highest BCUT2D eigenvalue weighted by Gasteiger charge is 2.25. The van der Waals surface area contributed by atoms with Gasteiger partial charge in [-0.2, -0.15) is 0 Å². The van der Waals surface area contributed by atoms with E-state index in [0.717, 1.165) is 0 Å². The Labute approximate surface area is 111 Å². The fourth-order valence-corrected chi connectivity index (χ4v) is 1.88. The molecule has 2 atom stereocenters. The number of amides is 1. The van der Waals surface area contributed by atoms with E-state index in [4.69, 9.17) is 10.8 Å². The second-order valence-corrected chi connectivity index (χ2v) is 4.64. The number of aliphatic hydroxyl groups excluding tert-OH is 2. The van der Waals surface area contributed by atoms with Crippen LogP contribution in [0, 0.1) is 0 Å². The molecular formula is C11H12BrNO5. The van der Waals surface area contributed by atoms with Crippen LogP contribution in [0.25, 0.3) is 0 Å². The van der Waals surface area contributed by atoms with Gasteiger partial charge in [-0.25, -0.2) is 4.79 Å². The van der Waals surface area contributed by atoms with Gasteiger partial charge in [-0.05, 0) is 23.8 Å². The standard InChI is InChI=1S/C11H12BrNO5/c12-5-1-2-6(11(17)18)7(3-5)10(16)8(14)4-9(13)15/h1-3,8,10,14,16H,4H2,(H2,13,15)(H,17,18). The van der Waals surface area contributed by atoms with Gasteiger partial charge in [0.1, 0.15) is 6.10 Å². The molecule has 1 amide bonds. The summed E-state index contributed by atoms with van der Waals surface area (Å²) in [6, 6.07) is 4.17. The number of halogens is 1. The fourth-order valence-electron chi connectivity index (χ4n) is 1.50. The molecule has 1 rings (SSSR count). The van der Waals surface area contributed by atoms with Crippen LogP contribution in [0.3, 0.4) is 0 Å². The van der Waals surface area contributed by atoms with Gasteiger partial charge < -0.3 is 21.1 Å². The van der Waals surface area contributed by atoms with E-state index in [9.17, 15) is 19.8 Å². The van der Waals surface area contributed by atoms with Crippen LogP contribution in [-0.2, 0) is 4.79 Å². The van der Waals surface area contributed by atoms with Crippen LogP contribution in [-0.4, -0.2) is 33.3 Å². The van der Waals surface area contributed by atoms with Gasteiger partial charge in [-0.3, -0.25) is 4.79 Å². The third-order valence-electron chi connectivity index (χ3n) is 2.34. The van der Waals surface area contributed by atoms with Crippen molar-refractivity contribution in [1.82, 2.24) is 0 Å². The number of carboxylic acids is 1. The first-order valence-corrected chi connectivity index (χ1v) is 5.79. The Hall–Kier alpha value is -1.44. The first kappa shape index (κ1) is 14.6.